The highest BCUT2D eigenvalue weighted by molar-refractivity contribution is 5.40. The molecule has 0 radical (unpaired) electrons. The molecule has 0 saturated heterocycles. The molecule has 0 fully saturated rings. The van der Waals surface area contributed by atoms with Gasteiger partial charge in [-0.05, 0) is 30.5 Å². The van der Waals surface area contributed by atoms with Crippen molar-refractivity contribution in [1.82, 2.24) is 10.3 Å². The summed E-state index contributed by atoms with van der Waals surface area (Å²) in [5, 5.41) is 3.43. The second-order valence-electron chi connectivity index (χ2n) is 5.28. The third kappa shape index (κ3) is 5.88. The summed E-state index contributed by atoms with van der Waals surface area (Å²) in [7, 11) is 0. The first-order valence-electron chi connectivity index (χ1n) is 7.18. The van der Waals surface area contributed by atoms with Gasteiger partial charge in [0, 0.05) is 25.8 Å². The van der Waals surface area contributed by atoms with Gasteiger partial charge in [-0.3, -0.25) is 0 Å². The van der Waals surface area contributed by atoms with Crippen molar-refractivity contribution < 1.29 is 0 Å². The summed E-state index contributed by atoms with van der Waals surface area (Å²) in [6.07, 6.45) is 5.01. The topological polar surface area (TPSA) is 28.2 Å². The minimum atomic E-state index is 0.680. The Morgan fingerprint density at radius 3 is 2.74 bits per heavy atom. The van der Waals surface area contributed by atoms with Crippen LogP contribution >= 0.6 is 0 Å². The summed E-state index contributed by atoms with van der Waals surface area (Å²) >= 11 is 0. The summed E-state index contributed by atoms with van der Waals surface area (Å²) in [6.45, 7) is 14.2. The highest BCUT2D eigenvalue weighted by Gasteiger charge is 2.05. The molecule has 1 heterocycles. The Morgan fingerprint density at radius 2 is 2.21 bits per heavy atom. The normalized spacial score (nSPS) is 10.7. The van der Waals surface area contributed by atoms with Crippen LogP contribution in [0.5, 0.6) is 0 Å². The Kier molecular flexibility index (Phi) is 7.19. The molecule has 0 aliphatic carbocycles. The van der Waals surface area contributed by atoms with Crippen LogP contribution in [0, 0.1) is 5.92 Å². The Hall–Kier alpha value is -1.35. The standard InChI is InChI=1S/C16H27N3/c1-5-9-19(10-6-2)16-8-7-15(13-18-16)12-17-11-14(3)4/h5,7-8,13-14,17H,1,6,9-12H2,2-4H3. The van der Waals surface area contributed by atoms with Crippen LogP contribution in [0.25, 0.3) is 0 Å². The minimum absolute atomic E-state index is 0.680. The third-order valence-corrected chi connectivity index (χ3v) is 2.86. The fraction of sp³-hybridized carbons (Fsp3) is 0.562. The number of anilines is 1. The van der Waals surface area contributed by atoms with Gasteiger partial charge in [0.05, 0.1) is 0 Å². The van der Waals surface area contributed by atoms with Crippen molar-refractivity contribution in [3.8, 4) is 0 Å². The SMILES string of the molecule is C=CCN(CCC)c1ccc(CNCC(C)C)cn1. The molecule has 0 saturated carbocycles. The van der Waals surface area contributed by atoms with E-state index in [1.807, 2.05) is 12.3 Å². The lowest BCUT2D eigenvalue weighted by Crippen LogP contribution is -2.25. The average molecular weight is 261 g/mol. The van der Waals surface area contributed by atoms with Crippen LogP contribution in [-0.2, 0) is 6.54 Å². The second kappa shape index (κ2) is 8.70. The number of hydrogen-bond donors (Lipinski definition) is 1. The number of nitrogens with one attached hydrogen (secondary N) is 1. The molecule has 0 atom stereocenters. The van der Waals surface area contributed by atoms with Crippen molar-refractivity contribution in [1.29, 1.82) is 0 Å². The van der Waals surface area contributed by atoms with E-state index in [9.17, 15) is 0 Å². The molecule has 3 nitrogen and oxygen atoms in total. The van der Waals surface area contributed by atoms with Crippen LogP contribution in [0.4, 0.5) is 5.82 Å². The van der Waals surface area contributed by atoms with Gasteiger partial charge in [0.2, 0.25) is 0 Å². The molecule has 0 bridgehead atoms. The quantitative estimate of drug-likeness (QED) is 0.692. The van der Waals surface area contributed by atoms with Gasteiger partial charge < -0.3 is 10.2 Å². The Balaban J connectivity index is 2.55. The van der Waals surface area contributed by atoms with Gasteiger partial charge in [0.15, 0.2) is 0 Å². The van der Waals surface area contributed by atoms with Gasteiger partial charge in [-0.1, -0.05) is 32.9 Å². The fourth-order valence-electron chi connectivity index (χ4n) is 1.94. The van der Waals surface area contributed by atoms with E-state index >= 15 is 0 Å². The second-order valence-corrected chi connectivity index (χ2v) is 5.28. The summed E-state index contributed by atoms with van der Waals surface area (Å²) in [4.78, 5) is 6.80. The van der Waals surface area contributed by atoms with Crippen LogP contribution in [0.15, 0.2) is 31.0 Å². The molecule has 0 aromatic carbocycles. The van der Waals surface area contributed by atoms with Crippen molar-refractivity contribution in [2.45, 2.75) is 33.7 Å². The van der Waals surface area contributed by atoms with E-state index < -0.39 is 0 Å². The number of rotatable bonds is 9. The van der Waals surface area contributed by atoms with Crippen molar-refractivity contribution in [2.24, 2.45) is 5.92 Å². The molecule has 0 aliphatic rings. The molecular weight excluding hydrogens is 234 g/mol. The van der Waals surface area contributed by atoms with E-state index in [-0.39, 0.29) is 0 Å². The van der Waals surface area contributed by atoms with Gasteiger partial charge in [0.1, 0.15) is 5.82 Å². The molecular formula is C16H27N3. The van der Waals surface area contributed by atoms with E-state index in [0.29, 0.717) is 5.92 Å². The van der Waals surface area contributed by atoms with Crippen LogP contribution in [0.1, 0.15) is 32.8 Å². The summed E-state index contributed by atoms with van der Waals surface area (Å²) in [5.74, 6) is 1.72. The van der Waals surface area contributed by atoms with Crippen molar-refractivity contribution >= 4 is 5.82 Å². The van der Waals surface area contributed by atoms with Crippen LogP contribution in [0.3, 0.4) is 0 Å². The van der Waals surface area contributed by atoms with Gasteiger partial charge >= 0.3 is 0 Å². The van der Waals surface area contributed by atoms with Gasteiger partial charge in [-0.25, -0.2) is 4.98 Å². The number of nitrogens with zero attached hydrogens (tertiary/aromatic N) is 2. The first-order chi connectivity index (χ1) is 9.17. The molecule has 1 rings (SSSR count). The maximum Gasteiger partial charge on any atom is 0.128 e. The molecule has 19 heavy (non-hydrogen) atoms. The number of hydrogen-bond acceptors (Lipinski definition) is 3. The maximum absolute atomic E-state index is 4.55. The molecule has 0 spiro atoms. The van der Waals surface area contributed by atoms with Gasteiger partial charge in [-0.2, -0.15) is 0 Å². The fourth-order valence-corrected chi connectivity index (χ4v) is 1.94. The van der Waals surface area contributed by atoms with Crippen LogP contribution in [-0.4, -0.2) is 24.6 Å². The third-order valence-electron chi connectivity index (χ3n) is 2.86. The largest absolute Gasteiger partial charge is 0.353 e. The lowest BCUT2D eigenvalue weighted by Gasteiger charge is -2.21. The first-order valence-corrected chi connectivity index (χ1v) is 7.18. The van der Waals surface area contributed by atoms with Gasteiger partial charge in [0.25, 0.3) is 0 Å². The first kappa shape index (κ1) is 15.7. The van der Waals surface area contributed by atoms with Gasteiger partial charge in [-0.15, -0.1) is 6.58 Å². The van der Waals surface area contributed by atoms with Crippen molar-refractivity contribution in [3.63, 3.8) is 0 Å². The minimum Gasteiger partial charge on any atom is -0.353 e. The van der Waals surface area contributed by atoms with E-state index in [0.717, 1.165) is 38.4 Å². The van der Waals surface area contributed by atoms with E-state index in [4.69, 9.17) is 0 Å². The molecule has 0 unspecified atom stereocenters. The van der Waals surface area contributed by atoms with Crippen LogP contribution in [0.2, 0.25) is 0 Å². The number of pyridine rings is 1. The lowest BCUT2D eigenvalue weighted by atomic mass is 10.2. The summed E-state index contributed by atoms with van der Waals surface area (Å²) in [6, 6.07) is 4.26. The Morgan fingerprint density at radius 1 is 1.42 bits per heavy atom. The Labute approximate surface area is 117 Å². The van der Waals surface area contributed by atoms with E-state index in [1.165, 1.54) is 5.56 Å². The zero-order valence-electron chi connectivity index (χ0n) is 12.5. The predicted molar refractivity (Wildman–Crippen MR) is 83.5 cm³/mol. The smallest absolute Gasteiger partial charge is 0.128 e. The van der Waals surface area contributed by atoms with E-state index in [1.54, 1.807) is 0 Å². The van der Waals surface area contributed by atoms with Crippen molar-refractivity contribution in [3.05, 3.63) is 36.5 Å². The summed E-state index contributed by atoms with van der Waals surface area (Å²) < 4.78 is 0. The zero-order valence-corrected chi connectivity index (χ0v) is 12.5. The number of aromatic nitrogens is 1. The zero-order chi connectivity index (χ0) is 14.1. The lowest BCUT2D eigenvalue weighted by molar-refractivity contribution is 0.552. The average Bonchev–Trinajstić information content (AvgIpc) is 2.39. The molecule has 1 aromatic heterocycles. The van der Waals surface area contributed by atoms with E-state index in [2.05, 4.69) is 54.7 Å². The molecule has 1 aromatic rings. The molecule has 3 heteroatoms. The van der Waals surface area contributed by atoms with Crippen molar-refractivity contribution in [2.75, 3.05) is 24.5 Å². The maximum atomic E-state index is 4.55. The molecule has 0 amide bonds. The molecule has 106 valence electrons. The van der Waals surface area contributed by atoms with Crippen LogP contribution < -0.4 is 10.2 Å². The molecule has 0 aliphatic heterocycles. The predicted octanol–water partition coefficient (Wildman–Crippen LogP) is 3.23. The molecule has 1 N–H and O–H groups in total. The monoisotopic (exact) mass is 261 g/mol. The summed E-state index contributed by atoms with van der Waals surface area (Å²) in [5.41, 5.74) is 1.24. The highest BCUT2D eigenvalue weighted by atomic mass is 15.2. The Bertz CT molecular complexity index is 357. The highest BCUT2D eigenvalue weighted by Crippen LogP contribution is 2.12.